The molecule has 0 spiro atoms. The highest BCUT2D eigenvalue weighted by molar-refractivity contribution is 6.30. The smallest absolute Gasteiger partial charge is 0.410 e. The molecule has 5 nitrogen and oxygen atoms in total. The van der Waals surface area contributed by atoms with Crippen molar-refractivity contribution in [1.29, 1.82) is 0 Å². The molecule has 3 aromatic carbocycles. The fourth-order valence-corrected chi connectivity index (χ4v) is 2.94. The number of carbonyl (C=O) groups is 2. The van der Waals surface area contributed by atoms with Gasteiger partial charge in [-0.25, -0.2) is 4.79 Å². The van der Waals surface area contributed by atoms with Crippen molar-refractivity contribution in [3.05, 3.63) is 89.4 Å². The molecule has 3 rings (SSSR count). The van der Waals surface area contributed by atoms with E-state index in [0.717, 1.165) is 11.4 Å². The lowest BCUT2D eigenvalue weighted by Gasteiger charge is -2.21. The molecule has 0 N–H and O–H groups in total. The maximum absolute atomic E-state index is 12.9. The van der Waals surface area contributed by atoms with Crippen molar-refractivity contribution >= 4 is 35.0 Å². The second kappa shape index (κ2) is 9.26. The topological polar surface area (TPSA) is 49.9 Å². The predicted octanol–water partition coefficient (Wildman–Crippen LogP) is 5.64. The predicted molar refractivity (Wildman–Crippen MR) is 116 cm³/mol. The van der Waals surface area contributed by atoms with E-state index in [0.29, 0.717) is 22.9 Å². The number of para-hydroxylation sites is 1. The fraction of sp³-hybridized carbons (Fsp3) is 0.130. The fourth-order valence-electron chi connectivity index (χ4n) is 2.81. The van der Waals surface area contributed by atoms with Gasteiger partial charge in [-0.1, -0.05) is 29.8 Å². The number of amides is 2. The first-order chi connectivity index (χ1) is 14.0. The van der Waals surface area contributed by atoms with E-state index in [-0.39, 0.29) is 5.91 Å². The first-order valence-electron chi connectivity index (χ1n) is 9.17. The van der Waals surface area contributed by atoms with Crippen LogP contribution in [0.4, 0.5) is 16.2 Å². The molecule has 0 saturated carbocycles. The third kappa shape index (κ3) is 4.95. The Morgan fingerprint density at radius 2 is 1.48 bits per heavy atom. The van der Waals surface area contributed by atoms with Gasteiger partial charge in [-0.15, -0.1) is 0 Å². The average molecular weight is 409 g/mol. The number of hydrogen-bond donors (Lipinski definition) is 0. The van der Waals surface area contributed by atoms with Crippen molar-refractivity contribution in [3.63, 3.8) is 0 Å². The maximum atomic E-state index is 12.9. The molecule has 3 aromatic rings. The average Bonchev–Trinajstić information content (AvgIpc) is 2.76. The minimum Gasteiger partial charge on any atom is -0.410 e. The van der Waals surface area contributed by atoms with Crippen LogP contribution in [0.2, 0.25) is 5.02 Å². The lowest BCUT2D eigenvalue weighted by molar-refractivity contribution is 0.0988. The quantitative estimate of drug-likeness (QED) is 0.548. The van der Waals surface area contributed by atoms with Crippen molar-refractivity contribution in [2.75, 3.05) is 23.4 Å². The molecule has 0 aliphatic heterocycles. The molecule has 0 aromatic heterocycles. The van der Waals surface area contributed by atoms with Crippen molar-refractivity contribution in [3.8, 4) is 5.75 Å². The Labute approximate surface area is 175 Å². The van der Waals surface area contributed by atoms with Crippen LogP contribution in [0.25, 0.3) is 0 Å². The summed E-state index contributed by atoms with van der Waals surface area (Å²) in [4.78, 5) is 28.2. The Morgan fingerprint density at radius 3 is 2.07 bits per heavy atom. The minimum atomic E-state index is -0.508. The minimum absolute atomic E-state index is 0.144. The van der Waals surface area contributed by atoms with E-state index in [2.05, 4.69) is 0 Å². The molecule has 0 aliphatic carbocycles. The van der Waals surface area contributed by atoms with Gasteiger partial charge in [0.1, 0.15) is 5.75 Å². The summed E-state index contributed by atoms with van der Waals surface area (Å²) in [7, 11) is 1.64. The van der Waals surface area contributed by atoms with Crippen molar-refractivity contribution in [1.82, 2.24) is 0 Å². The number of carbonyl (C=O) groups excluding carboxylic acids is 2. The van der Waals surface area contributed by atoms with E-state index in [4.69, 9.17) is 16.3 Å². The molecule has 0 saturated heterocycles. The van der Waals surface area contributed by atoms with Gasteiger partial charge in [-0.3, -0.25) is 9.69 Å². The SMILES string of the molecule is CCN(C(=O)c1ccc(OC(=O)N(C)c2ccccc2)cc1)c1ccc(Cl)cc1. The van der Waals surface area contributed by atoms with Crippen LogP contribution in [-0.4, -0.2) is 25.6 Å². The van der Waals surface area contributed by atoms with Gasteiger partial charge in [-0.05, 0) is 67.6 Å². The Balaban J connectivity index is 1.69. The van der Waals surface area contributed by atoms with Gasteiger partial charge < -0.3 is 9.64 Å². The van der Waals surface area contributed by atoms with Gasteiger partial charge in [-0.2, -0.15) is 0 Å². The van der Waals surface area contributed by atoms with Crippen LogP contribution in [0.15, 0.2) is 78.9 Å². The molecule has 2 amide bonds. The number of nitrogens with zero attached hydrogens (tertiary/aromatic N) is 2. The summed E-state index contributed by atoms with van der Waals surface area (Å²) in [5.41, 5.74) is 1.99. The van der Waals surface area contributed by atoms with Gasteiger partial charge in [0, 0.05) is 35.6 Å². The highest BCUT2D eigenvalue weighted by atomic mass is 35.5. The summed E-state index contributed by atoms with van der Waals surface area (Å²) in [6, 6.07) is 22.8. The molecule has 0 fully saturated rings. The highest BCUT2D eigenvalue weighted by Gasteiger charge is 2.17. The Kier molecular flexibility index (Phi) is 6.52. The van der Waals surface area contributed by atoms with Gasteiger partial charge in [0.2, 0.25) is 0 Å². The van der Waals surface area contributed by atoms with Crippen LogP contribution < -0.4 is 14.5 Å². The molecule has 0 radical (unpaired) electrons. The molecule has 0 unspecified atom stereocenters. The Morgan fingerprint density at radius 1 is 0.862 bits per heavy atom. The lowest BCUT2D eigenvalue weighted by Crippen LogP contribution is -2.30. The zero-order valence-electron chi connectivity index (χ0n) is 16.2. The largest absolute Gasteiger partial charge is 0.419 e. The molecular formula is C23H21ClN2O3. The molecule has 29 heavy (non-hydrogen) atoms. The van der Waals surface area contributed by atoms with E-state index in [1.807, 2.05) is 37.3 Å². The van der Waals surface area contributed by atoms with E-state index in [1.165, 1.54) is 4.90 Å². The van der Waals surface area contributed by atoms with E-state index in [1.54, 1.807) is 60.5 Å². The van der Waals surface area contributed by atoms with Crippen LogP contribution >= 0.6 is 11.6 Å². The molecular weight excluding hydrogens is 388 g/mol. The van der Waals surface area contributed by atoms with Crippen LogP contribution in [0.1, 0.15) is 17.3 Å². The van der Waals surface area contributed by atoms with E-state index >= 15 is 0 Å². The van der Waals surface area contributed by atoms with Gasteiger partial charge in [0.25, 0.3) is 5.91 Å². The zero-order chi connectivity index (χ0) is 20.8. The molecule has 0 atom stereocenters. The first kappa shape index (κ1) is 20.4. The van der Waals surface area contributed by atoms with Crippen molar-refractivity contribution in [2.24, 2.45) is 0 Å². The third-order valence-electron chi connectivity index (χ3n) is 4.42. The second-order valence-corrected chi connectivity index (χ2v) is 6.75. The van der Waals surface area contributed by atoms with Crippen LogP contribution in [0.5, 0.6) is 5.75 Å². The van der Waals surface area contributed by atoms with Crippen LogP contribution in [0.3, 0.4) is 0 Å². The van der Waals surface area contributed by atoms with Gasteiger partial charge in [0.05, 0.1) is 0 Å². The van der Waals surface area contributed by atoms with E-state index < -0.39 is 6.09 Å². The Bertz CT molecular complexity index is 973. The summed E-state index contributed by atoms with van der Waals surface area (Å²) < 4.78 is 5.40. The van der Waals surface area contributed by atoms with E-state index in [9.17, 15) is 9.59 Å². The summed E-state index contributed by atoms with van der Waals surface area (Å²) in [6.07, 6.45) is -0.508. The first-order valence-corrected chi connectivity index (χ1v) is 9.55. The van der Waals surface area contributed by atoms with Gasteiger partial charge >= 0.3 is 6.09 Å². The number of halogens is 1. The molecule has 0 aliphatic rings. The normalized spacial score (nSPS) is 10.3. The monoisotopic (exact) mass is 408 g/mol. The van der Waals surface area contributed by atoms with Crippen LogP contribution in [-0.2, 0) is 0 Å². The van der Waals surface area contributed by atoms with Gasteiger partial charge in [0.15, 0.2) is 0 Å². The van der Waals surface area contributed by atoms with Crippen LogP contribution in [0, 0.1) is 0 Å². The molecule has 148 valence electrons. The Hall–Kier alpha value is -3.31. The molecule has 0 bridgehead atoms. The standard InChI is InChI=1S/C23H21ClN2O3/c1-3-26(20-13-11-18(24)12-14-20)22(27)17-9-15-21(16-10-17)29-23(28)25(2)19-7-5-4-6-8-19/h4-16H,3H2,1-2H3. The second-order valence-electron chi connectivity index (χ2n) is 6.31. The molecule has 0 heterocycles. The maximum Gasteiger partial charge on any atom is 0.419 e. The number of rotatable bonds is 5. The number of ether oxygens (including phenoxy) is 1. The summed E-state index contributed by atoms with van der Waals surface area (Å²) >= 11 is 5.93. The third-order valence-corrected chi connectivity index (χ3v) is 4.68. The summed E-state index contributed by atoms with van der Waals surface area (Å²) in [6.45, 7) is 2.42. The zero-order valence-corrected chi connectivity index (χ0v) is 17.0. The number of hydrogen-bond acceptors (Lipinski definition) is 3. The number of anilines is 2. The van der Waals surface area contributed by atoms with Crippen molar-refractivity contribution in [2.45, 2.75) is 6.92 Å². The highest BCUT2D eigenvalue weighted by Crippen LogP contribution is 2.22. The number of benzene rings is 3. The summed E-state index contributed by atoms with van der Waals surface area (Å²) in [5.74, 6) is 0.220. The van der Waals surface area contributed by atoms with Crippen molar-refractivity contribution < 1.29 is 14.3 Å². The lowest BCUT2D eigenvalue weighted by atomic mass is 10.1. The molecule has 6 heteroatoms. The summed E-state index contributed by atoms with van der Waals surface area (Å²) in [5, 5.41) is 0.615.